The first-order valence-electron chi connectivity index (χ1n) is 3.84. The lowest BCUT2D eigenvalue weighted by Gasteiger charge is -2.04. The van der Waals surface area contributed by atoms with Crippen molar-refractivity contribution in [2.45, 2.75) is 35.8 Å². The molecule has 0 saturated heterocycles. The van der Waals surface area contributed by atoms with Gasteiger partial charge in [-0.05, 0) is 20.8 Å². The molecule has 0 atom stereocenters. The van der Waals surface area contributed by atoms with Gasteiger partial charge < -0.3 is 34.4 Å². The van der Waals surface area contributed by atoms with E-state index in [9.17, 15) is 0 Å². The Morgan fingerprint density at radius 2 is 0.500 bits per heavy atom. The summed E-state index contributed by atoms with van der Waals surface area (Å²) in [5.74, 6) is 0. The number of nitrogens with two attached hydrogens (primary N) is 6. The van der Waals surface area contributed by atoms with Crippen molar-refractivity contribution in [2.75, 3.05) is 0 Å². The van der Waals surface area contributed by atoms with E-state index in [4.69, 9.17) is 34.4 Å². The molecule has 0 saturated carbocycles. The van der Waals surface area contributed by atoms with Crippen molar-refractivity contribution in [1.82, 2.24) is 0 Å². The van der Waals surface area contributed by atoms with Crippen LogP contribution in [0.25, 0.3) is 0 Å². The predicted molar refractivity (Wildman–Crippen MR) is 80.6 cm³/mol. The normalized spacial score (nSPS) is 10.0. The summed E-state index contributed by atoms with van der Waals surface area (Å²) in [6, 6.07) is 0. The largest absolute Gasteiger partial charge is 0.304 e. The highest BCUT2D eigenvalue weighted by molar-refractivity contribution is 7.82. The first-order valence-corrected chi connectivity index (χ1v) is 5.07. The van der Waals surface area contributed by atoms with Crippen LogP contribution in [-0.4, -0.2) is 15.0 Å². The Balaban J connectivity index is -0.0000000277. The van der Waals surface area contributed by atoms with Gasteiger partial charge >= 0.3 is 0 Å². The SMILES string of the molecule is CC(N)(N)[S].CC(N)(N)[S].CC(N)(N)[S].F.F.F. The molecule has 0 aliphatic rings. The van der Waals surface area contributed by atoms with E-state index < -0.39 is 15.0 Å². The van der Waals surface area contributed by atoms with Gasteiger partial charge in [-0.2, -0.15) is 0 Å². The monoisotopic (exact) mass is 333 g/mol. The van der Waals surface area contributed by atoms with Crippen LogP contribution in [0, 0.1) is 0 Å². The van der Waals surface area contributed by atoms with Crippen LogP contribution in [0.1, 0.15) is 20.8 Å². The summed E-state index contributed by atoms with van der Waals surface area (Å²) in [7, 11) is 0. The molecule has 12 N–H and O–H groups in total. The molecule has 18 heavy (non-hydrogen) atoms. The first-order chi connectivity index (χ1) is 6.00. The van der Waals surface area contributed by atoms with Crippen molar-refractivity contribution in [2.24, 2.45) is 34.4 Å². The van der Waals surface area contributed by atoms with Crippen LogP contribution < -0.4 is 34.4 Å². The third-order valence-corrected chi connectivity index (χ3v) is 0. The van der Waals surface area contributed by atoms with Crippen LogP contribution in [0.5, 0.6) is 0 Å². The van der Waals surface area contributed by atoms with Gasteiger partial charge in [-0.3, -0.25) is 14.1 Å². The molecule has 3 radical (unpaired) electrons. The zero-order valence-electron chi connectivity index (χ0n) is 10.4. The minimum atomic E-state index is -0.917. The minimum absolute atomic E-state index is 0. The van der Waals surface area contributed by atoms with E-state index in [-0.39, 0.29) is 14.1 Å². The second kappa shape index (κ2) is 14.0. The van der Waals surface area contributed by atoms with Crippen molar-refractivity contribution in [3.63, 3.8) is 0 Å². The maximum atomic E-state index is 4.95. The number of rotatable bonds is 0. The quantitative estimate of drug-likeness (QED) is 0.337. The molecule has 0 bridgehead atoms. The van der Waals surface area contributed by atoms with Gasteiger partial charge in [0.25, 0.3) is 0 Å². The summed E-state index contributed by atoms with van der Waals surface area (Å²) in [6.45, 7) is 4.67. The van der Waals surface area contributed by atoms with Gasteiger partial charge in [-0.25, -0.2) is 0 Å². The van der Waals surface area contributed by atoms with Crippen LogP contribution in [0.3, 0.4) is 0 Å². The maximum Gasteiger partial charge on any atom is 0.119 e. The van der Waals surface area contributed by atoms with Gasteiger partial charge in [0.05, 0.1) is 0 Å². The van der Waals surface area contributed by atoms with E-state index in [2.05, 4.69) is 37.9 Å². The van der Waals surface area contributed by atoms with Gasteiger partial charge in [0, 0.05) is 0 Å². The molecule has 0 aromatic carbocycles. The van der Waals surface area contributed by atoms with Gasteiger partial charge in [0.1, 0.15) is 15.0 Å². The van der Waals surface area contributed by atoms with E-state index in [0.29, 0.717) is 0 Å². The molecule has 0 unspecified atom stereocenters. The molecule has 12 heteroatoms. The van der Waals surface area contributed by atoms with Crippen LogP contribution in [-0.2, 0) is 0 Å². The summed E-state index contributed by atoms with van der Waals surface area (Å²) in [4.78, 5) is -2.75. The van der Waals surface area contributed by atoms with Gasteiger partial charge in [0.2, 0.25) is 0 Å². The van der Waals surface area contributed by atoms with E-state index in [1.54, 1.807) is 20.8 Å². The lowest BCUT2D eigenvalue weighted by atomic mass is 10.6. The zero-order chi connectivity index (χ0) is 13.5. The molecule has 0 aliphatic carbocycles. The fourth-order valence-corrected chi connectivity index (χ4v) is 0. The minimum Gasteiger partial charge on any atom is -0.304 e. The second-order valence-electron chi connectivity index (χ2n) is 3.55. The highest BCUT2D eigenvalue weighted by Crippen LogP contribution is 1.89. The van der Waals surface area contributed by atoms with Crippen molar-refractivity contribution >= 4 is 37.9 Å². The van der Waals surface area contributed by atoms with Crippen molar-refractivity contribution in [3.8, 4) is 0 Å². The Kier molecular flexibility index (Phi) is 28.3. The van der Waals surface area contributed by atoms with Crippen molar-refractivity contribution < 1.29 is 14.1 Å². The van der Waals surface area contributed by atoms with Crippen LogP contribution in [0.2, 0.25) is 0 Å². The summed E-state index contributed by atoms with van der Waals surface area (Å²) in [5, 5.41) is 0. The average Bonchev–Trinajstić information content (AvgIpc) is 1.41. The van der Waals surface area contributed by atoms with E-state index in [1.807, 2.05) is 0 Å². The lowest BCUT2D eigenvalue weighted by molar-refractivity contribution is 0.724. The zero-order valence-corrected chi connectivity index (χ0v) is 12.9. The van der Waals surface area contributed by atoms with Crippen LogP contribution >= 0.6 is 37.9 Å². The maximum absolute atomic E-state index is 4.95. The summed E-state index contributed by atoms with van der Waals surface area (Å²) in [5.41, 5.74) is 29.7. The topological polar surface area (TPSA) is 156 Å². The Morgan fingerprint density at radius 1 is 0.500 bits per heavy atom. The van der Waals surface area contributed by atoms with Crippen molar-refractivity contribution in [1.29, 1.82) is 0 Å². The third-order valence-electron chi connectivity index (χ3n) is 0. The average molecular weight is 333 g/mol. The Hall–Kier alpha value is 0.600. The smallest absolute Gasteiger partial charge is 0.119 e. The van der Waals surface area contributed by atoms with E-state index >= 15 is 0 Å². The highest BCUT2D eigenvalue weighted by Gasteiger charge is 1.99. The molecule has 0 spiro atoms. The Bertz CT molecular complexity index is 110. The molecular formula is C6H24F3N6S3. The van der Waals surface area contributed by atoms with Gasteiger partial charge in [-0.1, -0.05) is 37.9 Å². The summed E-state index contributed by atoms with van der Waals surface area (Å²) < 4.78 is 0. The molecule has 117 valence electrons. The molecule has 0 aromatic heterocycles. The number of hydrogen-bond donors (Lipinski definition) is 6. The summed E-state index contributed by atoms with van der Waals surface area (Å²) in [6.07, 6.45) is 0. The number of halogens is 3. The van der Waals surface area contributed by atoms with Gasteiger partial charge in [0.15, 0.2) is 0 Å². The number of hydrogen-bond acceptors (Lipinski definition) is 6. The molecule has 0 heterocycles. The van der Waals surface area contributed by atoms with E-state index in [0.717, 1.165) is 0 Å². The predicted octanol–water partition coefficient (Wildman–Crippen LogP) is -0.217. The summed E-state index contributed by atoms with van der Waals surface area (Å²) >= 11 is 13.1. The van der Waals surface area contributed by atoms with Crippen LogP contribution in [0.15, 0.2) is 0 Å². The fraction of sp³-hybridized carbons (Fsp3) is 1.00. The first kappa shape index (κ1) is 36.3. The van der Waals surface area contributed by atoms with Crippen molar-refractivity contribution in [3.05, 3.63) is 0 Å². The Labute approximate surface area is 122 Å². The Morgan fingerprint density at radius 3 is 0.500 bits per heavy atom. The second-order valence-corrected chi connectivity index (χ2v) is 6.19. The molecule has 0 aromatic rings. The molecule has 0 rings (SSSR count). The lowest BCUT2D eigenvalue weighted by Crippen LogP contribution is -2.39. The molecule has 0 fully saturated rings. The fourth-order valence-electron chi connectivity index (χ4n) is 0. The standard InChI is InChI=1S/3C2H7N2S.3FH/c3*1-2(3,4)5;;;/h3*3-4H2,1H3;3*1H. The molecular weight excluding hydrogens is 309 g/mol. The van der Waals surface area contributed by atoms with E-state index in [1.165, 1.54) is 0 Å². The van der Waals surface area contributed by atoms with Gasteiger partial charge in [-0.15, -0.1) is 0 Å². The molecule has 0 aliphatic heterocycles. The third kappa shape index (κ3) is 11200. The molecule has 0 amide bonds. The molecule has 6 nitrogen and oxygen atoms in total. The highest BCUT2D eigenvalue weighted by atomic mass is 32.1. The van der Waals surface area contributed by atoms with Crippen LogP contribution in [0.4, 0.5) is 14.1 Å².